The Kier molecular flexibility index (Phi) is 6.05. The number of ether oxygens (including phenoxy) is 1. The Hall–Kier alpha value is -3.34. The van der Waals surface area contributed by atoms with Gasteiger partial charge in [0.25, 0.3) is 5.91 Å². The number of carbonyl (C=O) groups excluding carboxylic acids is 1. The number of aromatic nitrogens is 1. The van der Waals surface area contributed by atoms with E-state index in [4.69, 9.17) is 4.74 Å². The predicted octanol–water partition coefficient (Wildman–Crippen LogP) is 4.73. The molecule has 0 saturated heterocycles. The number of amides is 1. The average Bonchev–Trinajstić information content (AvgIpc) is 2.68. The van der Waals surface area contributed by atoms with Gasteiger partial charge in [-0.1, -0.05) is 30.3 Å². The van der Waals surface area contributed by atoms with Gasteiger partial charge in [0, 0.05) is 17.9 Å². The number of nitrogens with one attached hydrogen (secondary N) is 2. The van der Waals surface area contributed by atoms with Crippen molar-refractivity contribution in [3.05, 3.63) is 84.1 Å². The van der Waals surface area contributed by atoms with Crippen LogP contribution in [0.25, 0.3) is 0 Å². The van der Waals surface area contributed by atoms with E-state index in [9.17, 15) is 4.79 Å². The highest BCUT2D eigenvalue weighted by molar-refractivity contribution is 6.04. The van der Waals surface area contributed by atoms with E-state index < -0.39 is 0 Å². The van der Waals surface area contributed by atoms with Crippen LogP contribution in [0.3, 0.4) is 0 Å². The van der Waals surface area contributed by atoms with Gasteiger partial charge in [0.2, 0.25) is 0 Å². The van der Waals surface area contributed by atoms with Gasteiger partial charge in [-0.3, -0.25) is 4.79 Å². The first-order valence-corrected chi connectivity index (χ1v) is 8.91. The van der Waals surface area contributed by atoms with Crippen molar-refractivity contribution in [2.45, 2.75) is 26.5 Å². The van der Waals surface area contributed by atoms with Gasteiger partial charge in [0.05, 0.1) is 5.56 Å². The van der Waals surface area contributed by atoms with E-state index in [1.54, 1.807) is 18.3 Å². The molecule has 3 rings (SSSR count). The Labute approximate surface area is 159 Å². The number of nitrogens with zero attached hydrogens (tertiary/aromatic N) is 1. The topological polar surface area (TPSA) is 63.2 Å². The number of carbonyl (C=O) groups is 1. The van der Waals surface area contributed by atoms with Crippen molar-refractivity contribution in [1.82, 2.24) is 4.98 Å². The molecule has 5 nitrogen and oxygen atoms in total. The van der Waals surface area contributed by atoms with Crippen LogP contribution in [0, 0.1) is 0 Å². The molecule has 3 aromatic rings. The van der Waals surface area contributed by atoms with Gasteiger partial charge in [-0.05, 0) is 55.8 Å². The van der Waals surface area contributed by atoms with Crippen LogP contribution in [-0.2, 0) is 6.61 Å². The van der Waals surface area contributed by atoms with Gasteiger partial charge in [0.15, 0.2) is 0 Å². The predicted molar refractivity (Wildman–Crippen MR) is 108 cm³/mol. The summed E-state index contributed by atoms with van der Waals surface area (Å²) in [5.41, 5.74) is 2.32. The molecule has 0 atom stereocenters. The maximum atomic E-state index is 12.3. The zero-order valence-electron chi connectivity index (χ0n) is 15.5. The third-order valence-electron chi connectivity index (χ3n) is 3.82. The molecule has 0 unspecified atom stereocenters. The van der Waals surface area contributed by atoms with Gasteiger partial charge in [-0.2, -0.15) is 0 Å². The Bertz CT molecular complexity index is 860. The molecule has 0 radical (unpaired) electrons. The van der Waals surface area contributed by atoms with Crippen LogP contribution in [0.15, 0.2) is 72.9 Å². The first kappa shape index (κ1) is 18.5. The minimum Gasteiger partial charge on any atom is -0.489 e. The van der Waals surface area contributed by atoms with E-state index in [1.807, 2.05) is 68.4 Å². The first-order chi connectivity index (χ1) is 13.1. The maximum absolute atomic E-state index is 12.3. The van der Waals surface area contributed by atoms with Crippen molar-refractivity contribution in [3.63, 3.8) is 0 Å². The lowest BCUT2D eigenvalue weighted by molar-refractivity contribution is 0.102. The molecule has 0 fully saturated rings. The quantitative estimate of drug-likeness (QED) is 0.638. The van der Waals surface area contributed by atoms with E-state index in [0.717, 1.165) is 17.1 Å². The van der Waals surface area contributed by atoms with Gasteiger partial charge < -0.3 is 15.4 Å². The summed E-state index contributed by atoms with van der Waals surface area (Å²) >= 11 is 0. The molecule has 1 heterocycles. The second-order valence-corrected chi connectivity index (χ2v) is 6.48. The molecule has 138 valence electrons. The molecule has 27 heavy (non-hydrogen) atoms. The lowest BCUT2D eigenvalue weighted by atomic mass is 10.2. The second kappa shape index (κ2) is 8.85. The van der Waals surface area contributed by atoms with Crippen LogP contribution in [0.5, 0.6) is 5.75 Å². The largest absolute Gasteiger partial charge is 0.489 e. The Morgan fingerprint density at radius 1 is 1.00 bits per heavy atom. The van der Waals surface area contributed by atoms with Gasteiger partial charge in [-0.25, -0.2) is 4.98 Å². The van der Waals surface area contributed by atoms with Crippen LogP contribution >= 0.6 is 0 Å². The van der Waals surface area contributed by atoms with E-state index in [2.05, 4.69) is 15.6 Å². The highest BCUT2D eigenvalue weighted by atomic mass is 16.5. The standard InChI is InChI=1S/C22H23N3O2/c1-16(2)24-21-13-8-18(14-23-21)22(26)25-19-9-11-20(12-10-19)27-15-17-6-4-3-5-7-17/h3-14,16H,15H2,1-2H3,(H,23,24)(H,25,26). The third-order valence-corrected chi connectivity index (χ3v) is 3.82. The minimum absolute atomic E-state index is 0.198. The highest BCUT2D eigenvalue weighted by Crippen LogP contribution is 2.18. The molecule has 1 amide bonds. The monoisotopic (exact) mass is 361 g/mol. The highest BCUT2D eigenvalue weighted by Gasteiger charge is 2.07. The number of pyridine rings is 1. The average molecular weight is 361 g/mol. The van der Waals surface area contributed by atoms with Crippen LogP contribution in [0.4, 0.5) is 11.5 Å². The lowest BCUT2D eigenvalue weighted by Crippen LogP contribution is -2.14. The van der Waals surface area contributed by atoms with Gasteiger partial charge >= 0.3 is 0 Å². The summed E-state index contributed by atoms with van der Waals surface area (Å²) in [5, 5.41) is 6.06. The van der Waals surface area contributed by atoms with Crippen molar-refractivity contribution >= 4 is 17.4 Å². The molecule has 1 aromatic heterocycles. The first-order valence-electron chi connectivity index (χ1n) is 8.91. The number of rotatable bonds is 7. The third kappa shape index (κ3) is 5.57. The van der Waals surface area contributed by atoms with E-state index in [0.29, 0.717) is 23.9 Å². The number of hydrogen-bond donors (Lipinski definition) is 2. The molecule has 0 aliphatic rings. The Morgan fingerprint density at radius 2 is 1.74 bits per heavy atom. The summed E-state index contributed by atoms with van der Waals surface area (Å²) in [5.74, 6) is 1.31. The molecule has 2 aromatic carbocycles. The summed E-state index contributed by atoms with van der Waals surface area (Å²) in [6.45, 7) is 4.58. The fourth-order valence-corrected chi connectivity index (χ4v) is 2.49. The SMILES string of the molecule is CC(C)Nc1ccc(C(=O)Nc2ccc(OCc3ccccc3)cc2)cn1. The number of anilines is 2. The summed E-state index contributed by atoms with van der Waals surface area (Å²) in [4.78, 5) is 16.6. The number of hydrogen-bond acceptors (Lipinski definition) is 4. The zero-order valence-corrected chi connectivity index (χ0v) is 15.5. The fourth-order valence-electron chi connectivity index (χ4n) is 2.49. The molecule has 0 spiro atoms. The Morgan fingerprint density at radius 3 is 2.37 bits per heavy atom. The lowest BCUT2D eigenvalue weighted by Gasteiger charge is -2.10. The molecular weight excluding hydrogens is 338 g/mol. The van der Waals surface area contributed by atoms with E-state index in [1.165, 1.54) is 0 Å². The van der Waals surface area contributed by atoms with Crippen molar-refractivity contribution in [3.8, 4) is 5.75 Å². The van der Waals surface area contributed by atoms with Crippen LogP contribution in [0.2, 0.25) is 0 Å². The van der Waals surface area contributed by atoms with Crippen LogP contribution < -0.4 is 15.4 Å². The van der Waals surface area contributed by atoms with Crippen molar-refractivity contribution in [1.29, 1.82) is 0 Å². The summed E-state index contributed by atoms with van der Waals surface area (Å²) in [6, 6.07) is 21.1. The van der Waals surface area contributed by atoms with Gasteiger partial charge in [-0.15, -0.1) is 0 Å². The normalized spacial score (nSPS) is 10.5. The fraction of sp³-hybridized carbons (Fsp3) is 0.182. The molecular formula is C22H23N3O2. The van der Waals surface area contributed by atoms with E-state index >= 15 is 0 Å². The molecule has 0 aliphatic heterocycles. The van der Waals surface area contributed by atoms with Crippen LogP contribution in [0.1, 0.15) is 29.8 Å². The van der Waals surface area contributed by atoms with Crippen molar-refractivity contribution < 1.29 is 9.53 Å². The summed E-state index contributed by atoms with van der Waals surface area (Å²) < 4.78 is 5.75. The van der Waals surface area contributed by atoms with Crippen LogP contribution in [-0.4, -0.2) is 16.9 Å². The number of benzene rings is 2. The van der Waals surface area contributed by atoms with Gasteiger partial charge in [0.1, 0.15) is 18.2 Å². The Balaban J connectivity index is 1.55. The summed E-state index contributed by atoms with van der Waals surface area (Å²) in [7, 11) is 0. The molecule has 5 heteroatoms. The minimum atomic E-state index is -0.198. The molecule has 0 bridgehead atoms. The summed E-state index contributed by atoms with van der Waals surface area (Å²) in [6.07, 6.45) is 1.57. The smallest absolute Gasteiger partial charge is 0.257 e. The zero-order chi connectivity index (χ0) is 19.1. The van der Waals surface area contributed by atoms with E-state index in [-0.39, 0.29) is 5.91 Å². The van der Waals surface area contributed by atoms with Crippen molar-refractivity contribution in [2.24, 2.45) is 0 Å². The second-order valence-electron chi connectivity index (χ2n) is 6.48. The molecule has 0 saturated carbocycles. The maximum Gasteiger partial charge on any atom is 0.257 e. The van der Waals surface area contributed by atoms with Crippen molar-refractivity contribution in [2.75, 3.05) is 10.6 Å². The molecule has 2 N–H and O–H groups in total. The molecule has 0 aliphatic carbocycles.